The minimum absolute atomic E-state index is 0.158. The molecule has 0 bridgehead atoms. The van der Waals surface area contributed by atoms with Crippen molar-refractivity contribution in [1.29, 1.82) is 0 Å². The van der Waals surface area contributed by atoms with Crippen LogP contribution in [0.15, 0.2) is 0 Å². The molecule has 1 aliphatic rings. The van der Waals surface area contributed by atoms with Crippen molar-refractivity contribution in [2.24, 2.45) is 0 Å². The minimum Gasteiger partial charge on any atom is -0.351 e. The van der Waals surface area contributed by atoms with Crippen LogP contribution >= 0.6 is 0 Å². The molecule has 0 saturated carbocycles. The molecule has 0 aliphatic carbocycles. The van der Waals surface area contributed by atoms with Gasteiger partial charge in [-0.05, 0) is 26.3 Å². The Morgan fingerprint density at radius 3 is 2.93 bits per heavy atom. The largest absolute Gasteiger partial charge is 0.351 e. The maximum atomic E-state index is 11.3. The van der Waals surface area contributed by atoms with E-state index in [2.05, 4.69) is 17.6 Å². The molecule has 15 heavy (non-hydrogen) atoms. The molecule has 0 aromatic rings. The third-order valence-corrected chi connectivity index (χ3v) is 2.24. The highest BCUT2D eigenvalue weighted by Crippen LogP contribution is 2.09. The highest BCUT2D eigenvalue weighted by Gasteiger charge is 2.28. The maximum Gasteiger partial charge on any atom is 0.255 e. The fourth-order valence-electron chi connectivity index (χ4n) is 1.45. The molecule has 1 saturated heterocycles. The second-order valence-electron chi connectivity index (χ2n) is 3.67. The van der Waals surface area contributed by atoms with Crippen molar-refractivity contribution in [1.82, 2.24) is 10.6 Å². The molecule has 1 aliphatic heterocycles. The first kappa shape index (κ1) is 12.1. The lowest BCUT2D eigenvalue weighted by Crippen LogP contribution is -2.47. The van der Waals surface area contributed by atoms with Crippen LogP contribution in [0.5, 0.6) is 0 Å². The fraction of sp³-hybridized carbons (Fsp3) is 0.800. The van der Waals surface area contributed by atoms with E-state index in [0.29, 0.717) is 12.8 Å². The third kappa shape index (κ3) is 3.97. The molecule has 2 unspecified atom stereocenters. The summed E-state index contributed by atoms with van der Waals surface area (Å²) in [6.45, 7) is 4.78. The van der Waals surface area contributed by atoms with Gasteiger partial charge in [0.15, 0.2) is 0 Å². The van der Waals surface area contributed by atoms with Crippen molar-refractivity contribution in [3.63, 3.8) is 0 Å². The van der Waals surface area contributed by atoms with Crippen LogP contribution in [-0.4, -0.2) is 30.7 Å². The van der Waals surface area contributed by atoms with E-state index in [-0.39, 0.29) is 18.0 Å². The van der Waals surface area contributed by atoms with Crippen LogP contribution in [0.4, 0.5) is 0 Å². The molecule has 2 atom stereocenters. The molecule has 0 spiro atoms. The van der Waals surface area contributed by atoms with Crippen molar-refractivity contribution >= 4 is 11.8 Å². The summed E-state index contributed by atoms with van der Waals surface area (Å²) in [6, 6.07) is 0. The Morgan fingerprint density at radius 1 is 1.60 bits per heavy atom. The highest BCUT2D eigenvalue weighted by molar-refractivity contribution is 5.99. The lowest BCUT2D eigenvalue weighted by Gasteiger charge is -2.25. The number of carbonyl (C=O) groups excluding carboxylic acids is 2. The molecule has 1 fully saturated rings. The summed E-state index contributed by atoms with van der Waals surface area (Å²) >= 11 is 0. The van der Waals surface area contributed by atoms with E-state index in [9.17, 15) is 9.59 Å². The summed E-state index contributed by atoms with van der Waals surface area (Å²) in [6.07, 6.45) is 1.19. The zero-order chi connectivity index (χ0) is 11.3. The van der Waals surface area contributed by atoms with Crippen molar-refractivity contribution in [3.05, 3.63) is 0 Å². The molecule has 2 amide bonds. The minimum atomic E-state index is -0.498. The van der Waals surface area contributed by atoms with Crippen molar-refractivity contribution in [2.75, 3.05) is 6.54 Å². The van der Waals surface area contributed by atoms with Gasteiger partial charge in [-0.3, -0.25) is 20.2 Å². The topological polar surface area (TPSA) is 67.4 Å². The number of nitrogens with one attached hydrogen (secondary N) is 2. The summed E-state index contributed by atoms with van der Waals surface area (Å²) in [7, 11) is 0. The van der Waals surface area contributed by atoms with E-state index in [1.165, 1.54) is 0 Å². The monoisotopic (exact) mass is 214 g/mol. The molecule has 5 heteroatoms. The van der Waals surface area contributed by atoms with E-state index in [0.717, 1.165) is 13.0 Å². The Hall–Kier alpha value is -0.940. The number of imide groups is 1. The van der Waals surface area contributed by atoms with Crippen LogP contribution in [-0.2, 0) is 14.3 Å². The van der Waals surface area contributed by atoms with E-state index >= 15 is 0 Å². The smallest absolute Gasteiger partial charge is 0.255 e. The Balaban J connectivity index is 2.31. The summed E-state index contributed by atoms with van der Waals surface area (Å²) < 4.78 is 5.48. The van der Waals surface area contributed by atoms with E-state index in [1.807, 2.05) is 6.92 Å². The lowest BCUT2D eigenvalue weighted by molar-refractivity contribution is -0.147. The maximum absolute atomic E-state index is 11.3. The summed E-state index contributed by atoms with van der Waals surface area (Å²) in [5, 5.41) is 5.38. The third-order valence-electron chi connectivity index (χ3n) is 2.24. The number of hydrogen-bond donors (Lipinski definition) is 2. The van der Waals surface area contributed by atoms with Gasteiger partial charge in [0.1, 0.15) is 12.3 Å². The van der Waals surface area contributed by atoms with Gasteiger partial charge in [0.05, 0.1) is 0 Å². The number of piperidine rings is 1. The van der Waals surface area contributed by atoms with Crippen LogP contribution in [0.25, 0.3) is 0 Å². The molecule has 0 radical (unpaired) electrons. The Morgan fingerprint density at radius 2 is 2.33 bits per heavy atom. The first-order valence-corrected chi connectivity index (χ1v) is 5.36. The second kappa shape index (κ2) is 5.82. The number of carbonyl (C=O) groups is 2. The molecule has 1 rings (SSSR count). The molecular weight excluding hydrogens is 196 g/mol. The standard InChI is InChI=1S/C10H18N2O3/c1-3-6-11-7(2)15-8-4-5-9(13)12-10(8)14/h7-8,11H,3-6H2,1-2H3,(H,12,13,14). The zero-order valence-corrected chi connectivity index (χ0v) is 9.21. The summed E-state index contributed by atoms with van der Waals surface area (Å²) in [4.78, 5) is 22.2. The normalized spacial score (nSPS) is 23.7. The SMILES string of the molecule is CCCNC(C)OC1CCC(=O)NC1=O. The van der Waals surface area contributed by atoms with Gasteiger partial charge < -0.3 is 4.74 Å². The Labute approximate surface area is 89.6 Å². The van der Waals surface area contributed by atoms with Gasteiger partial charge >= 0.3 is 0 Å². The van der Waals surface area contributed by atoms with Gasteiger partial charge in [-0.15, -0.1) is 0 Å². The van der Waals surface area contributed by atoms with Crippen LogP contribution in [0.1, 0.15) is 33.1 Å². The predicted octanol–water partition coefficient (Wildman–Crippen LogP) is 0.154. The Kier molecular flexibility index (Phi) is 4.71. The van der Waals surface area contributed by atoms with Crippen molar-refractivity contribution < 1.29 is 14.3 Å². The van der Waals surface area contributed by atoms with Crippen LogP contribution in [0.2, 0.25) is 0 Å². The molecule has 5 nitrogen and oxygen atoms in total. The molecule has 86 valence electrons. The quantitative estimate of drug-likeness (QED) is 0.505. The average molecular weight is 214 g/mol. The van der Waals surface area contributed by atoms with Crippen molar-refractivity contribution in [3.8, 4) is 0 Å². The predicted molar refractivity (Wildman–Crippen MR) is 55.0 cm³/mol. The van der Waals surface area contributed by atoms with Gasteiger partial charge in [0, 0.05) is 6.42 Å². The Bertz CT molecular complexity index is 243. The van der Waals surface area contributed by atoms with Crippen molar-refractivity contribution in [2.45, 2.75) is 45.4 Å². The summed E-state index contributed by atoms with van der Waals surface area (Å²) in [5.41, 5.74) is 0. The van der Waals surface area contributed by atoms with Crippen LogP contribution < -0.4 is 10.6 Å². The number of ether oxygens (including phenoxy) is 1. The summed E-state index contributed by atoms with van der Waals surface area (Å²) in [5.74, 6) is -0.537. The fourth-order valence-corrected chi connectivity index (χ4v) is 1.45. The molecular formula is C10H18N2O3. The number of amides is 2. The van der Waals surface area contributed by atoms with E-state index in [1.54, 1.807) is 0 Å². The van der Waals surface area contributed by atoms with Gasteiger partial charge in [-0.1, -0.05) is 6.92 Å². The van der Waals surface area contributed by atoms with Gasteiger partial charge in [-0.25, -0.2) is 0 Å². The van der Waals surface area contributed by atoms with Crippen LogP contribution in [0.3, 0.4) is 0 Å². The average Bonchev–Trinajstić information content (AvgIpc) is 2.19. The number of hydrogen-bond acceptors (Lipinski definition) is 4. The molecule has 0 aromatic carbocycles. The van der Waals surface area contributed by atoms with Gasteiger partial charge in [0.2, 0.25) is 5.91 Å². The van der Waals surface area contributed by atoms with Gasteiger partial charge in [0.25, 0.3) is 5.91 Å². The zero-order valence-electron chi connectivity index (χ0n) is 9.21. The van der Waals surface area contributed by atoms with Gasteiger partial charge in [-0.2, -0.15) is 0 Å². The first-order valence-electron chi connectivity index (χ1n) is 5.36. The highest BCUT2D eigenvalue weighted by atomic mass is 16.5. The first-order chi connectivity index (χ1) is 7.13. The molecule has 2 N–H and O–H groups in total. The van der Waals surface area contributed by atoms with Crippen LogP contribution in [0, 0.1) is 0 Å². The van der Waals surface area contributed by atoms with E-state index < -0.39 is 6.10 Å². The van der Waals surface area contributed by atoms with E-state index in [4.69, 9.17) is 4.74 Å². The molecule has 0 aromatic heterocycles. The lowest BCUT2D eigenvalue weighted by atomic mass is 10.1. The molecule has 1 heterocycles. The number of rotatable bonds is 5. The second-order valence-corrected chi connectivity index (χ2v) is 3.67.